The summed E-state index contributed by atoms with van der Waals surface area (Å²) < 4.78 is 10.9. The summed E-state index contributed by atoms with van der Waals surface area (Å²) in [6.45, 7) is 3.96. The molecule has 0 aliphatic carbocycles. The Morgan fingerprint density at radius 3 is 2.71 bits per heavy atom. The molecule has 0 radical (unpaired) electrons. The summed E-state index contributed by atoms with van der Waals surface area (Å²) in [5, 5.41) is 3.30. The summed E-state index contributed by atoms with van der Waals surface area (Å²) in [7, 11) is 3.46. The average molecular weight is 292 g/mol. The number of carbonyl (C=O) groups excluding carboxylic acids is 1. The molecule has 21 heavy (non-hydrogen) atoms. The molecule has 1 N–H and O–H groups in total. The van der Waals surface area contributed by atoms with Gasteiger partial charge in [-0.2, -0.15) is 0 Å². The van der Waals surface area contributed by atoms with Crippen LogP contribution in [0.4, 0.5) is 0 Å². The van der Waals surface area contributed by atoms with Crippen LogP contribution in [0.3, 0.4) is 0 Å². The lowest BCUT2D eigenvalue weighted by molar-refractivity contribution is -0.134. The molecule has 0 unspecified atom stereocenters. The molecular weight excluding hydrogens is 268 g/mol. The summed E-state index contributed by atoms with van der Waals surface area (Å²) in [6, 6.07) is 5.99. The third-order valence-electron chi connectivity index (χ3n) is 3.92. The molecule has 2 rings (SSSR count). The zero-order valence-electron chi connectivity index (χ0n) is 13.0. The second-order valence-corrected chi connectivity index (χ2v) is 5.43. The molecule has 1 aliphatic heterocycles. The molecular formula is C16H24N2O3. The van der Waals surface area contributed by atoms with Crippen molar-refractivity contribution in [2.45, 2.75) is 25.8 Å². The minimum absolute atomic E-state index is 0.00419. The first kappa shape index (κ1) is 15.6. The van der Waals surface area contributed by atoms with Crippen molar-refractivity contribution in [1.29, 1.82) is 0 Å². The summed E-state index contributed by atoms with van der Waals surface area (Å²) >= 11 is 0. The van der Waals surface area contributed by atoms with Crippen LogP contribution in [-0.2, 0) is 4.79 Å². The molecule has 116 valence electrons. The predicted molar refractivity (Wildman–Crippen MR) is 81.9 cm³/mol. The quantitative estimate of drug-likeness (QED) is 0.895. The third kappa shape index (κ3) is 4.11. The Bertz CT molecular complexity index is 484. The standard InChI is InChI=1S/C16H24N2O3/c1-12-4-5-14(15(10-12)20-3)21-11-16(19)18(2)13-6-8-17-9-7-13/h4-5,10,13,17H,6-9,11H2,1-3H3. The maximum Gasteiger partial charge on any atom is 0.260 e. The topological polar surface area (TPSA) is 50.8 Å². The normalized spacial score (nSPS) is 15.6. The molecule has 1 aromatic rings. The second-order valence-electron chi connectivity index (χ2n) is 5.43. The Balaban J connectivity index is 1.91. The van der Waals surface area contributed by atoms with E-state index in [1.54, 1.807) is 7.11 Å². The van der Waals surface area contributed by atoms with Gasteiger partial charge in [-0.3, -0.25) is 4.79 Å². The van der Waals surface area contributed by atoms with Gasteiger partial charge in [0.1, 0.15) is 0 Å². The average Bonchev–Trinajstić information content (AvgIpc) is 2.53. The van der Waals surface area contributed by atoms with Gasteiger partial charge in [-0.15, -0.1) is 0 Å². The number of ether oxygens (including phenoxy) is 2. The number of nitrogens with one attached hydrogen (secondary N) is 1. The van der Waals surface area contributed by atoms with E-state index < -0.39 is 0 Å². The molecule has 1 aromatic carbocycles. The molecule has 0 spiro atoms. The van der Waals surface area contributed by atoms with E-state index in [0.717, 1.165) is 31.5 Å². The number of methoxy groups -OCH3 is 1. The number of hydrogen-bond donors (Lipinski definition) is 1. The fourth-order valence-corrected chi connectivity index (χ4v) is 2.53. The Morgan fingerprint density at radius 2 is 2.05 bits per heavy atom. The number of nitrogens with zero attached hydrogens (tertiary/aromatic N) is 1. The molecule has 1 heterocycles. The Kier molecular flexibility index (Phi) is 5.44. The van der Waals surface area contributed by atoms with Gasteiger partial charge in [0, 0.05) is 13.1 Å². The van der Waals surface area contributed by atoms with Gasteiger partial charge in [-0.1, -0.05) is 6.07 Å². The van der Waals surface area contributed by atoms with E-state index in [0.29, 0.717) is 17.5 Å². The van der Waals surface area contributed by atoms with Crippen molar-refractivity contribution in [2.75, 3.05) is 33.9 Å². The lowest BCUT2D eigenvalue weighted by Gasteiger charge is -2.31. The summed E-state index contributed by atoms with van der Waals surface area (Å²) in [5.74, 6) is 1.27. The highest BCUT2D eigenvalue weighted by Crippen LogP contribution is 2.27. The van der Waals surface area contributed by atoms with Gasteiger partial charge in [0.15, 0.2) is 18.1 Å². The van der Waals surface area contributed by atoms with E-state index in [-0.39, 0.29) is 12.5 Å². The van der Waals surface area contributed by atoms with Gasteiger partial charge in [0.25, 0.3) is 5.91 Å². The van der Waals surface area contributed by atoms with Crippen LogP contribution in [0.1, 0.15) is 18.4 Å². The smallest absolute Gasteiger partial charge is 0.260 e. The Morgan fingerprint density at radius 1 is 1.33 bits per heavy atom. The zero-order valence-corrected chi connectivity index (χ0v) is 13.0. The number of hydrogen-bond acceptors (Lipinski definition) is 4. The van der Waals surface area contributed by atoms with E-state index in [1.807, 2.05) is 37.1 Å². The monoisotopic (exact) mass is 292 g/mol. The van der Waals surface area contributed by atoms with Crippen molar-refractivity contribution in [2.24, 2.45) is 0 Å². The van der Waals surface area contributed by atoms with Crippen molar-refractivity contribution in [1.82, 2.24) is 10.2 Å². The van der Waals surface area contributed by atoms with Crippen molar-refractivity contribution < 1.29 is 14.3 Å². The first-order valence-electron chi connectivity index (χ1n) is 7.35. The highest BCUT2D eigenvalue weighted by molar-refractivity contribution is 5.78. The number of carbonyl (C=O) groups is 1. The zero-order chi connectivity index (χ0) is 15.2. The van der Waals surface area contributed by atoms with Crippen LogP contribution >= 0.6 is 0 Å². The largest absolute Gasteiger partial charge is 0.493 e. The van der Waals surface area contributed by atoms with Crippen LogP contribution in [0.2, 0.25) is 0 Å². The van der Waals surface area contributed by atoms with E-state index in [2.05, 4.69) is 5.32 Å². The van der Waals surface area contributed by atoms with E-state index in [9.17, 15) is 4.79 Å². The van der Waals surface area contributed by atoms with Crippen LogP contribution in [0, 0.1) is 6.92 Å². The number of amides is 1. The van der Waals surface area contributed by atoms with Crippen LogP contribution in [0.5, 0.6) is 11.5 Å². The molecule has 0 aromatic heterocycles. The number of rotatable bonds is 5. The van der Waals surface area contributed by atoms with Gasteiger partial charge in [-0.05, 0) is 50.6 Å². The highest BCUT2D eigenvalue weighted by atomic mass is 16.5. The van der Waals surface area contributed by atoms with Crippen molar-refractivity contribution in [3.63, 3.8) is 0 Å². The van der Waals surface area contributed by atoms with Crippen LogP contribution in [0.25, 0.3) is 0 Å². The minimum Gasteiger partial charge on any atom is -0.493 e. The SMILES string of the molecule is COc1cc(C)ccc1OCC(=O)N(C)C1CCNCC1. The lowest BCUT2D eigenvalue weighted by atomic mass is 10.1. The molecule has 1 saturated heterocycles. The van der Waals surface area contributed by atoms with Gasteiger partial charge in [0.2, 0.25) is 0 Å². The van der Waals surface area contributed by atoms with Gasteiger partial charge < -0.3 is 19.7 Å². The predicted octanol–water partition coefficient (Wildman–Crippen LogP) is 1.59. The Labute approximate surface area is 126 Å². The van der Waals surface area contributed by atoms with Gasteiger partial charge in [-0.25, -0.2) is 0 Å². The third-order valence-corrected chi connectivity index (χ3v) is 3.92. The van der Waals surface area contributed by atoms with E-state index in [1.165, 1.54) is 0 Å². The number of likely N-dealkylation sites (N-methyl/N-ethyl adjacent to an activating group) is 1. The molecule has 0 atom stereocenters. The van der Waals surface area contributed by atoms with Crippen molar-refractivity contribution >= 4 is 5.91 Å². The van der Waals surface area contributed by atoms with E-state index in [4.69, 9.17) is 9.47 Å². The van der Waals surface area contributed by atoms with Crippen LogP contribution < -0.4 is 14.8 Å². The molecule has 1 aliphatic rings. The molecule has 5 nitrogen and oxygen atoms in total. The maximum atomic E-state index is 12.2. The number of benzene rings is 1. The van der Waals surface area contributed by atoms with Gasteiger partial charge in [0.05, 0.1) is 7.11 Å². The fraction of sp³-hybridized carbons (Fsp3) is 0.562. The van der Waals surface area contributed by atoms with Crippen molar-refractivity contribution in [3.05, 3.63) is 23.8 Å². The molecule has 0 saturated carbocycles. The fourth-order valence-electron chi connectivity index (χ4n) is 2.53. The Hall–Kier alpha value is -1.75. The van der Waals surface area contributed by atoms with Crippen LogP contribution in [-0.4, -0.2) is 50.7 Å². The first-order chi connectivity index (χ1) is 10.1. The summed E-state index contributed by atoms with van der Waals surface area (Å²) in [6.07, 6.45) is 1.99. The highest BCUT2D eigenvalue weighted by Gasteiger charge is 2.22. The molecule has 0 bridgehead atoms. The maximum absolute atomic E-state index is 12.2. The van der Waals surface area contributed by atoms with Crippen molar-refractivity contribution in [3.8, 4) is 11.5 Å². The van der Waals surface area contributed by atoms with Gasteiger partial charge >= 0.3 is 0 Å². The van der Waals surface area contributed by atoms with E-state index >= 15 is 0 Å². The minimum atomic E-state index is 0.00419. The summed E-state index contributed by atoms with van der Waals surface area (Å²) in [5.41, 5.74) is 1.09. The first-order valence-corrected chi connectivity index (χ1v) is 7.35. The van der Waals surface area contributed by atoms with Crippen LogP contribution in [0.15, 0.2) is 18.2 Å². The lowest BCUT2D eigenvalue weighted by Crippen LogP contribution is -2.45. The number of aryl methyl sites for hydroxylation is 1. The molecule has 1 fully saturated rings. The summed E-state index contributed by atoms with van der Waals surface area (Å²) in [4.78, 5) is 14.0. The number of piperidine rings is 1. The second kappa shape index (κ2) is 7.31. The molecule has 5 heteroatoms. The molecule has 1 amide bonds.